The molecule has 3 rings (SSSR count). The molecule has 0 saturated heterocycles. The van der Waals surface area contributed by atoms with Gasteiger partial charge in [0.05, 0.1) is 6.61 Å². The minimum atomic E-state index is 0.300. The second-order valence-electron chi connectivity index (χ2n) is 9.48. The standard InChI is InChI=1S/C31H43NO2/c1-3-4-5-6-7-8-9-10-11-12-25-34-30-20-14-27(15-21-30)23-24-32-26(2)13-22-31(32)28-16-18-29(33)19-17-28/h13-22,33H,3-12,23-25H2,1-2H3. The summed E-state index contributed by atoms with van der Waals surface area (Å²) >= 11 is 0. The summed E-state index contributed by atoms with van der Waals surface area (Å²) < 4.78 is 8.31. The summed E-state index contributed by atoms with van der Waals surface area (Å²) in [6.45, 7) is 6.16. The molecule has 3 nitrogen and oxygen atoms in total. The predicted octanol–water partition coefficient (Wildman–Crippen LogP) is 8.71. The van der Waals surface area contributed by atoms with Gasteiger partial charge in [0, 0.05) is 17.9 Å². The largest absolute Gasteiger partial charge is 0.508 e. The number of nitrogens with zero attached hydrogens (tertiary/aromatic N) is 1. The van der Waals surface area contributed by atoms with Crippen molar-refractivity contribution in [2.45, 2.75) is 91.0 Å². The maximum absolute atomic E-state index is 9.58. The number of rotatable bonds is 16. The second kappa shape index (κ2) is 14.6. The Morgan fingerprint density at radius 1 is 0.706 bits per heavy atom. The van der Waals surface area contributed by atoms with Crippen molar-refractivity contribution in [3.05, 3.63) is 71.9 Å². The highest BCUT2D eigenvalue weighted by Crippen LogP contribution is 2.25. The van der Waals surface area contributed by atoms with Gasteiger partial charge in [-0.3, -0.25) is 0 Å². The van der Waals surface area contributed by atoms with Gasteiger partial charge in [-0.25, -0.2) is 0 Å². The molecule has 0 aliphatic rings. The maximum Gasteiger partial charge on any atom is 0.119 e. The predicted molar refractivity (Wildman–Crippen MR) is 144 cm³/mol. The van der Waals surface area contributed by atoms with Crippen LogP contribution < -0.4 is 4.74 Å². The average Bonchev–Trinajstić information content (AvgIpc) is 3.22. The molecule has 34 heavy (non-hydrogen) atoms. The van der Waals surface area contributed by atoms with E-state index in [2.05, 4.69) is 54.8 Å². The van der Waals surface area contributed by atoms with Gasteiger partial charge in [-0.2, -0.15) is 0 Å². The average molecular weight is 462 g/mol. The van der Waals surface area contributed by atoms with Crippen LogP contribution in [0.3, 0.4) is 0 Å². The Morgan fingerprint density at radius 2 is 1.32 bits per heavy atom. The molecule has 3 aromatic rings. The summed E-state index contributed by atoms with van der Waals surface area (Å²) in [5, 5.41) is 9.58. The second-order valence-corrected chi connectivity index (χ2v) is 9.48. The van der Waals surface area contributed by atoms with Gasteiger partial charge in [0.1, 0.15) is 11.5 Å². The molecule has 0 spiro atoms. The maximum atomic E-state index is 9.58. The first-order valence-electron chi connectivity index (χ1n) is 13.3. The van der Waals surface area contributed by atoms with Gasteiger partial charge in [0.25, 0.3) is 0 Å². The van der Waals surface area contributed by atoms with Gasteiger partial charge in [-0.05, 0) is 79.4 Å². The van der Waals surface area contributed by atoms with Crippen LogP contribution in [0.2, 0.25) is 0 Å². The number of aromatic hydroxyl groups is 1. The Morgan fingerprint density at radius 3 is 1.97 bits per heavy atom. The third kappa shape index (κ3) is 8.59. The van der Waals surface area contributed by atoms with Crippen LogP contribution in [0.1, 0.15) is 82.4 Å². The van der Waals surface area contributed by atoms with E-state index in [-0.39, 0.29) is 0 Å². The third-order valence-electron chi connectivity index (χ3n) is 6.68. The van der Waals surface area contributed by atoms with Crippen molar-refractivity contribution in [3.63, 3.8) is 0 Å². The van der Waals surface area contributed by atoms with Crippen LogP contribution in [0, 0.1) is 6.92 Å². The molecule has 1 heterocycles. The van der Waals surface area contributed by atoms with E-state index in [4.69, 9.17) is 4.74 Å². The van der Waals surface area contributed by atoms with Crippen LogP contribution in [0.5, 0.6) is 11.5 Å². The Labute approximate surface area is 206 Å². The Balaban J connectivity index is 1.34. The van der Waals surface area contributed by atoms with E-state index in [0.29, 0.717) is 5.75 Å². The number of aryl methyl sites for hydroxylation is 2. The van der Waals surface area contributed by atoms with Gasteiger partial charge >= 0.3 is 0 Å². The summed E-state index contributed by atoms with van der Waals surface area (Å²) in [7, 11) is 0. The molecule has 2 aromatic carbocycles. The molecule has 0 amide bonds. The number of ether oxygens (including phenoxy) is 1. The minimum Gasteiger partial charge on any atom is -0.508 e. The molecular formula is C31H43NO2. The van der Waals surface area contributed by atoms with E-state index < -0.39 is 0 Å². The number of benzene rings is 2. The Kier molecular flexibility index (Phi) is 11.1. The Bertz CT molecular complexity index is 941. The van der Waals surface area contributed by atoms with Gasteiger partial charge in [0.15, 0.2) is 0 Å². The number of aromatic nitrogens is 1. The molecule has 0 aliphatic carbocycles. The van der Waals surface area contributed by atoms with Crippen LogP contribution in [-0.4, -0.2) is 16.3 Å². The van der Waals surface area contributed by atoms with Crippen molar-refractivity contribution in [2.24, 2.45) is 0 Å². The summed E-state index contributed by atoms with van der Waals surface area (Å²) in [5.41, 5.74) is 4.88. The van der Waals surface area contributed by atoms with Gasteiger partial charge in [-0.1, -0.05) is 76.8 Å². The monoisotopic (exact) mass is 461 g/mol. The zero-order valence-electron chi connectivity index (χ0n) is 21.3. The highest BCUT2D eigenvalue weighted by molar-refractivity contribution is 5.61. The van der Waals surface area contributed by atoms with Crippen LogP contribution in [-0.2, 0) is 13.0 Å². The lowest BCUT2D eigenvalue weighted by atomic mass is 10.1. The Hall–Kier alpha value is -2.68. The van der Waals surface area contributed by atoms with Gasteiger partial charge in [-0.15, -0.1) is 0 Å². The minimum absolute atomic E-state index is 0.300. The normalized spacial score (nSPS) is 11.1. The molecule has 0 fully saturated rings. The van der Waals surface area contributed by atoms with Crippen LogP contribution in [0.4, 0.5) is 0 Å². The first-order valence-corrected chi connectivity index (χ1v) is 13.3. The summed E-state index contributed by atoms with van der Waals surface area (Å²) in [5.74, 6) is 1.27. The quantitative estimate of drug-likeness (QED) is 0.216. The zero-order valence-corrected chi connectivity index (χ0v) is 21.3. The van der Waals surface area contributed by atoms with Crippen molar-refractivity contribution < 1.29 is 9.84 Å². The summed E-state index contributed by atoms with van der Waals surface area (Å²) in [6.07, 6.45) is 14.4. The SMILES string of the molecule is CCCCCCCCCCCCOc1ccc(CCn2c(C)ccc2-c2ccc(O)cc2)cc1. The van der Waals surface area contributed by atoms with Crippen molar-refractivity contribution in [1.29, 1.82) is 0 Å². The summed E-state index contributed by atoms with van der Waals surface area (Å²) in [4.78, 5) is 0. The molecular weight excluding hydrogens is 418 g/mol. The van der Waals surface area contributed by atoms with Crippen molar-refractivity contribution >= 4 is 0 Å². The van der Waals surface area contributed by atoms with E-state index in [1.807, 2.05) is 12.1 Å². The van der Waals surface area contributed by atoms with Gasteiger partial charge < -0.3 is 14.4 Å². The lowest BCUT2D eigenvalue weighted by Crippen LogP contribution is -2.05. The molecule has 0 radical (unpaired) electrons. The zero-order chi connectivity index (χ0) is 24.0. The lowest BCUT2D eigenvalue weighted by molar-refractivity contribution is 0.304. The van der Waals surface area contributed by atoms with Crippen LogP contribution >= 0.6 is 0 Å². The molecule has 0 atom stereocenters. The summed E-state index contributed by atoms with van der Waals surface area (Å²) in [6, 6.07) is 20.3. The third-order valence-corrected chi connectivity index (χ3v) is 6.68. The highest BCUT2D eigenvalue weighted by atomic mass is 16.5. The molecule has 0 aliphatic heterocycles. The van der Waals surface area contributed by atoms with Crippen molar-refractivity contribution in [3.8, 4) is 22.8 Å². The van der Waals surface area contributed by atoms with E-state index in [1.165, 1.54) is 74.7 Å². The van der Waals surface area contributed by atoms with Gasteiger partial charge in [0.2, 0.25) is 0 Å². The first-order chi connectivity index (χ1) is 16.7. The van der Waals surface area contributed by atoms with E-state index in [9.17, 15) is 5.11 Å². The van der Waals surface area contributed by atoms with E-state index in [1.54, 1.807) is 12.1 Å². The first kappa shape index (κ1) is 25.9. The fraction of sp³-hybridized carbons (Fsp3) is 0.484. The number of hydrogen-bond donors (Lipinski definition) is 1. The lowest BCUT2D eigenvalue weighted by Gasteiger charge is -2.13. The molecule has 3 heteroatoms. The molecule has 0 saturated carbocycles. The highest BCUT2D eigenvalue weighted by Gasteiger charge is 2.08. The molecule has 184 valence electrons. The molecule has 1 aromatic heterocycles. The van der Waals surface area contributed by atoms with Crippen LogP contribution in [0.25, 0.3) is 11.3 Å². The number of phenolic OH excluding ortho intramolecular Hbond substituents is 1. The van der Waals surface area contributed by atoms with E-state index in [0.717, 1.165) is 37.3 Å². The van der Waals surface area contributed by atoms with Crippen molar-refractivity contribution in [2.75, 3.05) is 6.61 Å². The van der Waals surface area contributed by atoms with E-state index >= 15 is 0 Å². The number of hydrogen-bond acceptors (Lipinski definition) is 2. The molecule has 0 unspecified atom stereocenters. The fourth-order valence-electron chi connectivity index (χ4n) is 4.52. The molecule has 1 N–H and O–H groups in total. The number of phenols is 1. The number of unbranched alkanes of at least 4 members (excludes halogenated alkanes) is 9. The van der Waals surface area contributed by atoms with Crippen LogP contribution in [0.15, 0.2) is 60.7 Å². The molecule has 0 bridgehead atoms. The fourth-order valence-corrected chi connectivity index (χ4v) is 4.52. The smallest absolute Gasteiger partial charge is 0.119 e. The topological polar surface area (TPSA) is 34.4 Å². The van der Waals surface area contributed by atoms with Crippen molar-refractivity contribution in [1.82, 2.24) is 4.57 Å².